The van der Waals surface area contributed by atoms with Crippen LogP contribution in [0.3, 0.4) is 0 Å². The first-order chi connectivity index (χ1) is 10.7. The molecule has 110 valence electrons. The van der Waals surface area contributed by atoms with Crippen molar-refractivity contribution in [2.45, 2.75) is 6.92 Å². The number of carbonyl (C=O) groups excluding carboxylic acids is 1. The van der Waals surface area contributed by atoms with Gasteiger partial charge in [-0.3, -0.25) is 4.79 Å². The van der Waals surface area contributed by atoms with E-state index < -0.39 is 0 Å². The number of nitrogens with zero attached hydrogens (tertiary/aromatic N) is 4. The van der Waals surface area contributed by atoms with Crippen molar-refractivity contribution in [1.29, 1.82) is 0 Å². The van der Waals surface area contributed by atoms with Crippen LogP contribution < -0.4 is 5.32 Å². The summed E-state index contributed by atoms with van der Waals surface area (Å²) >= 11 is 1.55. The Labute approximate surface area is 131 Å². The summed E-state index contributed by atoms with van der Waals surface area (Å²) in [7, 11) is 0. The molecule has 0 saturated carbocycles. The second-order valence-corrected chi connectivity index (χ2v) is 5.56. The first kappa shape index (κ1) is 14.2. The van der Waals surface area contributed by atoms with Crippen LogP contribution >= 0.6 is 11.3 Å². The monoisotopic (exact) mass is 311 g/mol. The first-order valence-corrected chi connectivity index (χ1v) is 7.45. The molecule has 3 rings (SSSR count). The van der Waals surface area contributed by atoms with Gasteiger partial charge in [-0.2, -0.15) is 5.10 Å². The zero-order valence-corrected chi connectivity index (χ0v) is 12.6. The topological polar surface area (TPSA) is 72.7 Å². The molecule has 1 N–H and O–H groups in total. The Morgan fingerprint density at radius 3 is 2.77 bits per heavy atom. The van der Waals surface area contributed by atoms with Crippen LogP contribution in [0, 0.1) is 6.92 Å². The maximum absolute atomic E-state index is 11.9. The standard InChI is InChI=1S/C15H13N5OS/c1-11-18-13(8-22-11)4-7-15(21)19-12-2-5-14(6-3-12)20-10-16-9-17-20/h2-10H,1H3,(H,19,21)/b7-4+. The molecule has 0 atom stereocenters. The maximum Gasteiger partial charge on any atom is 0.248 e. The lowest BCUT2D eigenvalue weighted by Crippen LogP contribution is -2.07. The molecule has 0 saturated heterocycles. The minimum absolute atomic E-state index is 0.195. The van der Waals surface area contributed by atoms with Crippen LogP contribution in [0.2, 0.25) is 0 Å². The van der Waals surface area contributed by atoms with Gasteiger partial charge < -0.3 is 5.32 Å². The fraction of sp³-hybridized carbons (Fsp3) is 0.0667. The quantitative estimate of drug-likeness (QED) is 0.752. The van der Waals surface area contributed by atoms with Gasteiger partial charge in [0, 0.05) is 17.1 Å². The van der Waals surface area contributed by atoms with Crippen molar-refractivity contribution in [1.82, 2.24) is 19.7 Å². The van der Waals surface area contributed by atoms with Gasteiger partial charge in [0.2, 0.25) is 5.91 Å². The van der Waals surface area contributed by atoms with Gasteiger partial charge >= 0.3 is 0 Å². The van der Waals surface area contributed by atoms with Gasteiger partial charge in [0.25, 0.3) is 0 Å². The predicted molar refractivity (Wildman–Crippen MR) is 85.9 cm³/mol. The lowest BCUT2D eigenvalue weighted by Gasteiger charge is -2.04. The predicted octanol–water partition coefficient (Wildman–Crippen LogP) is 2.68. The summed E-state index contributed by atoms with van der Waals surface area (Å²) in [5, 5.41) is 9.72. The fourth-order valence-electron chi connectivity index (χ4n) is 1.84. The number of aromatic nitrogens is 4. The smallest absolute Gasteiger partial charge is 0.248 e. The molecule has 1 aromatic carbocycles. The van der Waals surface area contributed by atoms with Crippen molar-refractivity contribution in [2.75, 3.05) is 5.32 Å². The molecule has 1 amide bonds. The molecule has 2 aromatic heterocycles. The third-order valence-electron chi connectivity index (χ3n) is 2.86. The fourth-order valence-corrected chi connectivity index (χ4v) is 2.42. The highest BCUT2D eigenvalue weighted by molar-refractivity contribution is 7.09. The summed E-state index contributed by atoms with van der Waals surface area (Å²) in [6, 6.07) is 7.35. The third kappa shape index (κ3) is 3.44. The summed E-state index contributed by atoms with van der Waals surface area (Å²) in [6.45, 7) is 1.93. The van der Waals surface area contributed by atoms with Crippen molar-refractivity contribution < 1.29 is 4.79 Å². The summed E-state index contributed by atoms with van der Waals surface area (Å²) in [5.41, 5.74) is 2.39. The van der Waals surface area contributed by atoms with Crippen LogP contribution in [0.1, 0.15) is 10.7 Å². The number of thiazole rings is 1. The molecule has 0 aliphatic carbocycles. The number of aryl methyl sites for hydroxylation is 1. The molecular weight excluding hydrogens is 298 g/mol. The van der Waals surface area contributed by atoms with E-state index in [1.807, 2.05) is 36.6 Å². The normalized spacial score (nSPS) is 11.0. The van der Waals surface area contributed by atoms with Gasteiger partial charge in [-0.1, -0.05) is 0 Å². The van der Waals surface area contributed by atoms with Crippen LogP contribution in [0.25, 0.3) is 11.8 Å². The van der Waals surface area contributed by atoms with Crippen molar-refractivity contribution in [3.63, 3.8) is 0 Å². The van der Waals surface area contributed by atoms with Gasteiger partial charge in [-0.15, -0.1) is 11.3 Å². The van der Waals surface area contributed by atoms with E-state index in [-0.39, 0.29) is 5.91 Å². The van der Waals surface area contributed by atoms with Gasteiger partial charge in [-0.25, -0.2) is 14.6 Å². The average Bonchev–Trinajstić information content (AvgIpc) is 3.17. The Morgan fingerprint density at radius 2 is 2.14 bits per heavy atom. The molecule has 0 aliphatic rings. The van der Waals surface area contributed by atoms with Gasteiger partial charge in [0.05, 0.1) is 16.4 Å². The molecule has 0 spiro atoms. The van der Waals surface area contributed by atoms with Crippen molar-refractivity contribution in [3.05, 3.63) is 59.1 Å². The molecule has 0 unspecified atom stereocenters. The lowest BCUT2D eigenvalue weighted by molar-refractivity contribution is -0.111. The van der Waals surface area contributed by atoms with E-state index in [0.29, 0.717) is 5.69 Å². The summed E-state index contributed by atoms with van der Waals surface area (Å²) < 4.78 is 1.65. The number of nitrogens with one attached hydrogen (secondary N) is 1. The summed E-state index contributed by atoms with van der Waals surface area (Å²) in [6.07, 6.45) is 6.26. The zero-order chi connectivity index (χ0) is 15.4. The van der Waals surface area contributed by atoms with E-state index in [2.05, 4.69) is 20.4 Å². The van der Waals surface area contributed by atoms with E-state index in [9.17, 15) is 4.79 Å². The number of carbonyl (C=O) groups is 1. The molecule has 0 fully saturated rings. The van der Waals surface area contributed by atoms with E-state index in [1.54, 1.807) is 28.4 Å². The SMILES string of the molecule is Cc1nc(/C=C/C(=O)Nc2ccc(-n3cncn3)cc2)cs1. The Bertz CT molecular complexity index is 790. The van der Waals surface area contributed by atoms with Crippen molar-refractivity contribution >= 4 is 29.0 Å². The van der Waals surface area contributed by atoms with E-state index in [4.69, 9.17) is 0 Å². The van der Waals surface area contributed by atoms with Crippen LogP contribution in [-0.4, -0.2) is 25.7 Å². The Kier molecular flexibility index (Phi) is 4.06. The lowest BCUT2D eigenvalue weighted by atomic mass is 10.2. The molecule has 6 nitrogen and oxygen atoms in total. The van der Waals surface area contributed by atoms with Gasteiger partial charge in [0.1, 0.15) is 12.7 Å². The number of amides is 1. The third-order valence-corrected chi connectivity index (χ3v) is 3.65. The Hall–Kier alpha value is -2.80. The second kappa shape index (κ2) is 6.31. The highest BCUT2D eigenvalue weighted by Gasteiger charge is 2.01. The maximum atomic E-state index is 11.9. The van der Waals surface area contributed by atoms with Crippen LogP contribution in [0.4, 0.5) is 5.69 Å². The van der Waals surface area contributed by atoms with Crippen LogP contribution in [0.15, 0.2) is 48.4 Å². The highest BCUT2D eigenvalue weighted by atomic mass is 32.1. The Balaban J connectivity index is 1.63. The molecule has 3 aromatic rings. The van der Waals surface area contributed by atoms with Crippen LogP contribution in [0.5, 0.6) is 0 Å². The minimum atomic E-state index is -0.195. The molecule has 2 heterocycles. The second-order valence-electron chi connectivity index (χ2n) is 4.50. The van der Waals surface area contributed by atoms with E-state index >= 15 is 0 Å². The molecule has 0 aliphatic heterocycles. The molecular formula is C15H13N5OS. The van der Waals surface area contributed by atoms with Crippen molar-refractivity contribution in [3.8, 4) is 5.69 Å². The number of hydrogen-bond acceptors (Lipinski definition) is 5. The zero-order valence-electron chi connectivity index (χ0n) is 11.8. The molecule has 0 radical (unpaired) electrons. The summed E-state index contributed by atoms with van der Waals surface area (Å²) in [4.78, 5) is 20.0. The average molecular weight is 311 g/mol. The van der Waals surface area contributed by atoms with E-state index in [0.717, 1.165) is 16.4 Å². The number of benzene rings is 1. The highest BCUT2D eigenvalue weighted by Crippen LogP contribution is 2.13. The first-order valence-electron chi connectivity index (χ1n) is 6.57. The van der Waals surface area contributed by atoms with E-state index in [1.165, 1.54) is 12.4 Å². The van der Waals surface area contributed by atoms with Gasteiger partial charge in [0.15, 0.2) is 0 Å². The summed E-state index contributed by atoms with van der Waals surface area (Å²) in [5.74, 6) is -0.195. The molecule has 0 bridgehead atoms. The Morgan fingerprint density at radius 1 is 1.32 bits per heavy atom. The number of anilines is 1. The van der Waals surface area contributed by atoms with Gasteiger partial charge in [-0.05, 0) is 37.3 Å². The van der Waals surface area contributed by atoms with Crippen LogP contribution in [-0.2, 0) is 4.79 Å². The van der Waals surface area contributed by atoms with Crippen molar-refractivity contribution in [2.24, 2.45) is 0 Å². The molecule has 22 heavy (non-hydrogen) atoms. The minimum Gasteiger partial charge on any atom is -0.323 e. The number of hydrogen-bond donors (Lipinski definition) is 1. The molecule has 7 heteroatoms. The number of rotatable bonds is 4. The largest absolute Gasteiger partial charge is 0.323 e.